The van der Waals surface area contributed by atoms with Gasteiger partial charge in [0.05, 0.1) is 38.9 Å². The van der Waals surface area contributed by atoms with Crippen LogP contribution in [0.2, 0.25) is 0 Å². The zero-order valence-electron chi connectivity index (χ0n) is 100. The lowest BCUT2D eigenvalue weighted by molar-refractivity contribution is 0.469. The van der Waals surface area contributed by atoms with Crippen molar-refractivity contribution in [2.45, 2.75) is 424 Å². The summed E-state index contributed by atoms with van der Waals surface area (Å²) in [7, 11) is 0. The minimum atomic E-state index is 0.263. The molecule has 21 rings (SSSR count). The zero-order valence-corrected chi connectivity index (χ0v) is 115. The maximum atomic E-state index is 2.42. The van der Waals surface area contributed by atoms with Gasteiger partial charge in [-0.1, -0.05) is 408 Å². The van der Waals surface area contributed by atoms with Gasteiger partial charge in [-0.25, -0.2) is 0 Å². The van der Waals surface area contributed by atoms with Gasteiger partial charge in [0.25, 0.3) is 0 Å². The molecule has 3 aromatic carbocycles. The fourth-order valence-electron chi connectivity index (χ4n) is 14.5. The molecule has 149 heavy (non-hydrogen) atoms. The Labute approximate surface area is 972 Å². The van der Waals surface area contributed by atoms with Crippen LogP contribution < -0.4 is 0 Å². The molecule has 0 atom stereocenters. The molecule has 18 heteroatoms. The molecule has 21 aromatic rings. The van der Waals surface area contributed by atoms with Crippen LogP contribution in [-0.2, 0) is 70.4 Å². The quantitative estimate of drug-likeness (QED) is 0.142. The Kier molecular flexibility index (Phi) is 38.7. The molecule has 0 fully saturated rings. The summed E-state index contributed by atoms with van der Waals surface area (Å²) in [5, 5.41) is 11.5. The Hall–Kier alpha value is -4.36. The van der Waals surface area contributed by atoms with Crippen molar-refractivity contribution in [2.24, 2.45) is 16.2 Å². The highest BCUT2D eigenvalue weighted by atomic mass is 32.2. The van der Waals surface area contributed by atoms with Crippen molar-refractivity contribution in [1.29, 1.82) is 0 Å². The number of thiophene rings is 18. The van der Waals surface area contributed by atoms with E-state index in [1.807, 2.05) is 204 Å². The second-order valence-corrected chi connectivity index (χ2v) is 78.6. The summed E-state index contributed by atoms with van der Waals surface area (Å²) in [5.74, 6) is 0. The molecule has 0 radical (unpaired) electrons. The number of fused-ring (bicyclic) bond motifs is 18. The molecular formula is C131H178S18. The van der Waals surface area contributed by atoms with E-state index < -0.39 is 0 Å². The SMILES string of the molecule is CC(C)(C)C.CC(C)(C)C.CC(C)(C)C.CC(C)(C)c1cc2c(s1)sc1cc(C(C)(C)C)sc12.CC(C)(C)c1cc2c(s1)sc1ccccc12.CC(C)(C)c1cc2c(s1)sc1sc(C(C)(C)C)cc12.CC(C)(C)c1cc2cc(C(C)(C)C)sc2s1.CC(C)(C)c1cc2ccccc2s1.CC(C)(C)c1cc2sc(C(C)(C)C)cc2s1.CC(C)(C)c1cc2sc3cc(C(C)(C)C)sc3c2s1.CC(C)(C)c1cc2sc3ccccc3c2s1. The van der Waals surface area contributed by atoms with Crippen LogP contribution in [0.15, 0.2) is 152 Å². The van der Waals surface area contributed by atoms with E-state index in [9.17, 15) is 0 Å². The van der Waals surface area contributed by atoms with Gasteiger partial charge in [0, 0.05) is 143 Å². The molecule has 0 N–H and O–H groups in total. The lowest BCUT2D eigenvalue weighted by atomic mass is 9.93. The monoisotopic (exact) mass is 2330 g/mol. The van der Waals surface area contributed by atoms with Crippen LogP contribution in [0.5, 0.6) is 0 Å². The number of hydrogen-bond acceptors (Lipinski definition) is 18. The van der Waals surface area contributed by atoms with Crippen LogP contribution in [0.4, 0.5) is 0 Å². The predicted molar refractivity (Wildman–Crippen MR) is 719 cm³/mol. The maximum absolute atomic E-state index is 2.42. The molecule has 18 heterocycles. The van der Waals surface area contributed by atoms with Crippen LogP contribution in [0.25, 0.3) is 124 Å². The van der Waals surface area contributed by atoms with Crippen LogP contribution in [0.3, 0.4) is 0 Å². The molecule has 0 unspecified atom stereocenters. The predicted octanol–water partition coefficient (Wildman–Crippen LogP) is 52.6. The number of hydrogen-bond donors (Lipinski definition) is 0. The lowest BCUT2D eigenvalue weighted by Gasteiger charge is -2.16. The van der Waals surface area contributed by atoms with Crippen LogP contribution in [0, 0.1) is 16.2 Å². The van der Waals surface area contributed by atoms with Gasteiger partial charge in [-0.3, -0.25) is 0 Å². The molecule has 0 nitrogen and oxygen atoms in total. The van der Waals surface area contributed by atoms with Crippen molar-refractivity contribution in [1.82, 2.24) is 0 Å². The molecule has 0 spiro atoms. The van der Waals surface area contributed by atoms with Gasteiger partial charge in [0.15, 0.2) is 0 Å². The van der Waals surface area contributed by atoms with Crippen LogP contribution in [-0.4, -0.2) is 0 Å². The van der Waals surface area contributed by atoms with Crippen molar-refractivity contribution in [3.63, 3.8) is 0 Å². The fourth-order valence-corrected chi connectivity index (χ4v) is 38.3. The van der Waals surface area contributed by atoms with Gasteiger partial charge in [-0.05, 0) is 189 Å². The van der Waals surface area contributed by atoms with Crippen molar-refractivity contribution in [2.75, 3.05) is 0 Å². The topological polar surface area (TPSA) is 0 Å². The van der Waals surface area contributed by atoms with E-state index in [1.165, 1.54) is 188 Å². The molecule has 810 valence electrons. The summed E-state index contributed by atoms with van der Waals surface area (Å²) in [5.41, 5.74) is 5.03. The minimum absolute atomic E-state index is 0.263. The van der Waals surface area contributed by atoms with Gasteiger partial charge in [0.1, 0.15) is 0 Å². The Morgan fingerprint density at radius 1 is 0.121 bits per heavy atom. The highest BCUT2D eigenvalue weighted by molar-refractivity contribution is 7.49. The molecule has 0 bridgehead atoms. The third kappa shape index (κ3) is 34.1. The lowest BCUT2D eigenvalue weighted by Crippen LogP contribution is -2.08. The molecule has 0 aliphatic heterocycles. The Morgan fingerprint density at radius 2 is 0.315 bits per heavy atom. The van der Waals surface area contributed by atoms with E-state index in [1.54, 1.807) is 0 Å². The standard InChI is InChI=1S/3C16H20S3.2C14H14S2.2C14H20S2.C12H14S.3C5H12/c1-15(2,3)11-7-9-13(18-11)14-10(17-9)8-12(19-14)16(4,5)6;1-15(2,3)11-7-9-13-10(17-14(9)19-11)8-12(18-13)16(4,5)6;1-15(2,3)11-7-9-10-8-12(16(4,5)6)18-14(10)19-13(9)17-11;1-14(2,3)12-8-10-9-6-4-5-7-11(9)15-13(10)16-12;1-14(2,3)12-8-11-13(16-12)9-6-4-5-7-10(9)15-11;1-13(2,3)11-7-9-10(15-11)8-12(16-9)14(4,5)6;1-13(2,3)10-7-9-8-11(14(4,5)6)16-12(9)15-10;1-12(2,3)11-8-9-6-4-5-7-10(9)13-11;3*1-5(2,3)4/h3*7-8H,1-6H3;2*4-8H,1-3H3;2*7-8H,1-6H3;4-8H,1-3H3;3*1-4H3. The minimum Gasteiger partial charge on any atom is -0.140 e. The van der Waals surface area contributed by atoms with Gasteiger partial charge in [-0.2, -0.15) is 0 Å². The normalized spacial score (nSPS) is 13.2. The number of benzene rings is 3. The molecule has 0 aliphatic rings. The summed E-state index contributed by atoms with van der Waals surface area (Å²) in [6.07, 6.45) is 0. The van der Waals surface area contributed by atoms with Gasteiger partial charge in [-0.15, -0.1) is 204 Å². The summed E-state index contributed by atoms with van der Waals surface area (Å²) >= 11 is 35.2. The molecule has 18 aromatic heterocycles. The van der Waals surface area contributed by atoms with Gasteiger partial charge < -0.3 is 0 Å². The summed E-state index contributed by atoms with van der Waals surface area (Å²) in [6.45, 7) is 116. The van der Waals surface area contributed by atoms with E-state index >= 15 is 0 Å². The van der Waals surface area contributed by atoms with E-state index in [2.05, 4.69) is 505 Å². The second-order valence-electron chi connectivity index (χ2n) is 58.3. The first-order chi connectivity index (χ1) is 67.5. The Balaban J connectivity index is 0.000000159. The second kappa shape index (κ2) is 46.2. The van der Waals surface area contributed by atoms with E-state index in [0.29, 0.717) is 16.2 Å². The van der Waals surface area contributed by atoms with Gasteiger partial charge >= 0.3 is 0 Å². The average Bonchev–Trinajstić information content (AvgIpc) is 1.59. The van der Waals surface area contributed by atoms with E-state index in [-0.39, 0.29) is 70.4 Å². The van der Waals surface area contributed by atoms with E-state index in [0.717, 1.165) is 0 Å². The molecule has 0 amide bonds. The van der Waals surface area contributed by atoms with E-state index in [4.69, 9.17) is 0 Å². The zero-order chi connectivity index (χ0) is 112. The highest BCUT2D eigenvalue weighted by Gasteiger charge is 2.31. The Morgan fingerprint density at radius 3 is 0.644 bits per heavy atom. The summed E-state index contributed by atoms with van der Waals surface area (Å²) < 4.78 is 26.4. The first-order valence-corrected chi connectivity index (χ1v) is 67.5. The van der Waals surface area contributed by atoms with Crippen molar-refractivity contribution in [3.05, 3.63) is 215 Å². The first-order valence-electron chi connectivity index (χ1n) is 52.8. The largest absolute Gasteiger partial charge is 0.140 e. The van der Waals surface area contributed by atoms with Crippen molar-refractivity contribution in [3.8, 4) is 0 Å². The molecule has 0 saturated carbocycles. The third-order valence-corrected chi connectivity index (χ3v) is 50.4. The molecular weight excluding hydrogens is 2150 g/mol. The first kappa shape index (κ1) is 125. The van der Waals surface area contributed by atoms with Gasteiger partial charge in [0.2, 0.25) is 0 Å². The Bertz CT molecular complexity index is 7040. The van der Waals surface area contributed by atoms with Crippen molar-refractivity contribution < 1.29 is 0 Å². The summed E-state index contributed by atoms with van der Waals surface area (Å²) in [6, 6.07) is 56.9. The fraction of sp³-hybridized carbons (Fsp3) is 0.511. The third-order valence-electron chi connectivity index (χ3n) is 23.1. The summed E-state index contributed by atoms with van der Waals surface area (Å²) in [4.78, 5) is 19.4. The number of rotatable bonds is 0. The molecule has 0 aliphatic carbocycles. The molecule has 0 saturated heterocycles. The smallest absolute Gasteiger partial charge is 0.0889 e. The van der Waals surface area contributed by atoms with Crippen LogP contribution >= 0.6 is 204 Å². The average molecular weight is 2330 g/mol. The highest BCUT2D eigenvalue weighted by Crippen LogP contribution is 2.55. The maximum Gasteiger partial charge on any atom is 0.0889 e. The van der Waals surface area contributed by atoms with Crippen LogP contribution in [0.1, 0.15) is 417 Å². The van der Waals surface area contributed by atoms with Crippen molar-refractivity contribution >= 4 is 328 Å².